The van der Waals surface area contributed by atoms with Gasteiger partial charge in [-0.1, -0.05) is 18.2 Å². The molecule has 9 heteroatoms. The lowest BCUT2D eigenvalue weighted by atomic mass is 10.0. The number of carbonyl (C=O) groups is 2. The molecule has 37 heavy (non-hydrogen) atoms. The van der Waals surface area contributed by atoms with Crippen LogP contribution in [0.3, 0.4) is 0 Å². The normalized spacial score (nSPS) is 15.6. The second-order valence-corrected chi connectivity index (χ2v) is 10.1. The van der Waals surface area contributed by atoms with Crippen LogP contribution in [0.2, 0.25) is 0 Å². The largest absolute Gasteiger partial charge is 0.497 e. The molecular weight excluding hydrogens is 491 g/mol. The summed E-state index contributed by atoms with van der Waals surface area (Å²) in [7, 11) is 1.62. The van der Waals surface area contributed by atoms with Gasteiger partial charge in [0.15, 0.2) is 0 Å². The van der Waals surface area contributed by atoms with Gasteiger partial charge in [-0.15, -0.1) is 11.3 Å². The smallest absolute Gasteiger partial charge is 0.309 e. The number of piperazine rings is 1. The lowest BCUT2D eigenvalue weighted by Crippen LogP contribution is -2.53. The van der Waals surface area contributed by atoms with Crippen LogP contribution in [0.25, 0.3) is 0 Å². The summed E-state index contributed by atoms with van der Waals surface area (Å²) in [5.74, 6) is -0.729. The minimum Gasteiger partial charge on any atom is -0.497 e. The number of nitrogens with zero attached hydrogens (tertiary/aromatic N) is 2. The Kier molecular flexibility index (Phi) is 9.14. The summed E-state index contributed by atoms with van der Waals surface area (Å²) in [4.78, 5) is 30.9. The fourth-order valence-electron chi connectivity index (χ4n) is 4.66. The molecule has 0 aliphatic carbocycles. The van der Waals surface area contributed by atoms with Crippen LogP contribution in [0.5, 0.6) is 5.75 Å². The highest BCUT2D eigenvalue weighted by Crippen LogP contribution is 2.30. The van der Waals surface area contributed by atoms with Crippen molar-refractivity contribution < 1.29 is 18.7 Å². The van der Waals surface area contributed by atoms with Crippen molar-refractivity contribution in [3.8, 4) is 5.75 Å². The van der Waals surface area contributed by atoms with E-state index in [1.807, 2.05) is 42.6 Å². The molecule has 0 unspecified atom stereocenters. The number of ether oxygens (including phenoxy) is 1. The third kappa shape index (κ3) is 7.08. The lowest BCUT2D eigenvalue weighted by molar-refractivity contribution is -0.139. The van der Waals surface area contributed by atoms with Gasteiger partial charge in [0, 0.05) is 49.3 Å². The number of halogens is 1. The topological polar surface area (TPSA) is 73.9 Å². The predicted molar refractivity (Wildman–Crippen MR) is 145 cm³/mol. The van der Waals surface area contributed by atoms with Crippen LogP contribution in [-0.2, 0) is 16.0 Å². The summed E-state index contributed by atoms with van der Waals surface area (Å²) in [6.45, 7) is 5.47. The van der Waals surface area contributed by atoms with Crippen molar-refractivity contribution in [1.82, 2.24) is 15.5 Å². The molecule has 0 bridgehead atoms. The zero-order valence-electron chi connectivity index (χ0n) is 21.2. The molecule has 1 aliphatic heterocycles. The number of anilines is 1. The second kappa shape index (κ2) is 12.7. The molecule has 1 saturated heterocycles. The molecule has 1 aliphatic rings. The van der Waals surface area contributed by atoms with Gasteiger partial charge in [-0.2, -0.15) is 0 Å². The van der Waals surface area contributed by atoms with E-state index < -0.39 is 11.8 Å². The molecule has 1 aromatic heterocycles. The molecule has 0 radical (unpaired) electrons. The van der Waals surface area contributed by atoms with E-state index in [4.69, 9.17) is 4.74 Å². The van der Waals surface area contributed by atoms with Crippen molar-refractivity contribution in [2.75, 3.05) is 44.7 Å². The van der Waals surface area contributed by atoms with Crippen LogP contribution in [0.15, 0.2) is 66.0 Å². The number of thiophene rings is 1. The number of benzene rings is 2. The van der Waals surface area contributed by atoms with E-state index in [-0.39, 0.29) is 17.9 Å². The Bertz CT molecular complexity index is 1150. The average Bonchev–Trinajstić information content (AvgIpc) is 3.44. The lowest BCUT2D eigenvalue weighted by Gasteiger charge is -2.42. The third-order valence-corrected chi connectivity index (χ3v) is 7.57. The number of nitrogens with one attached hydrogen (secondary N) is 2. The summed E-state index contributed by atoms with van der Waals surface area (Å²) in [6.07, 6.45) is 0.620. The maximum atomic E-state index is 13.3. The highest BCUT2D eigenvalue weighted by atomic mass is 32.1. The molecule has 0 spiro atoms. The van der Waals surface area contributed by atoms with Crippen molar-refractivity contribution in [3.05, 3.63) is 82.3 Å². The van der Waals surface area contributed by atoms with Gasteiger partial charge in [0.05, 0.1) is 13.2 Å². The Hall–Kier alpha value is -3.43. The molecular formula is C28H33FN4O3S. The molecule has 4 rings (SSSR count). The van der Waals surface area contributed by atoms with Crippen molar-refractivity contribution in [3.63, 3.8) is 0 Å². The first-order chi connectivity index (χ1) is 17.9. The van der Waals surface area contributed by atoms with Gasteiger partial charge in [0.1, 0.15) is 11.6 Å². The van der Waals surface area contributed by atoms with Gasteiger partial charge in [-0.05, 0) is 66.8 Å². The summed E-state index contributed by atoms with van der Waals surface area (Å²) in [5, 5.41) is 7.67. The van der Waals surface area contributed by atoms with Crippen LogP contribution >= 0.6 is 11.3 Å². The minimum absolute atomic E-state index is 0.0496. The van der Waals surface area contributed by atoms with E-state index in [2.05, 4.69) is 26.5 Å². The zero-order chi connectivity index (χ0) is 26.2. The van der Waals surface area contributed by atoms with E-state index >= 15 is 0 Å². The standard InChI is InChI=1S/C28H33FN4O3S/c1-20(31-28(35)27(34)30-14-13-21-5-11-24(36-2)12-6-21)26(25-4-3-19-37-25)33-17-15-32(16-18-33)23-9-7-22(29)8-10-23/h3-12,19-20,26H,13-18H2,1-2H3,(H,30,34)(H,31,35)/t20-,26-/m0/s1. The second-order valence-electron chi connectivity index (χ2n) is 9.08. The Labute approximate surface area is 221 Å². The Morgan fingerprint density at radius 3 is 2.32 bits per heavy atom. The van der Waals surface area contributed by atoms with Crippen LogP contribution in [0, 0.1) is 5.82 Å². The van der Waals surface area contributed by atoms with Gasteiger partial charge >= 0.3 is 11.8 Å². The fourth-order valence-corrected chi connectivity index (χ4v) is 5.62. The average molecular weight is 525 g/mol. The van der Waals surface area contributed by atoms with Crippen molar-refractivity contribution in [2.24, 2.45) is 0 Å². The van der Waals surface area contributed by atoms with Crippen LogP contribution in [0.4, 0.5) is 10.1 Å². The molecule has 7 nitrogen and oxygen atoms in total. The summed E-state index contributed by atoms with van der Waals surface area (Å²) in [5.41, 5.74) is 2.05. The van der Waals surface area contributed by atoms with E-state index in [1.165, 1.54) is 12.1 Å². The Morgan fingerprint density at radius 1 is 1.00 bits per heavy atom. The molecule has 196 valence electrons. The van der Waals surface area contributed by atoms with Crippen LogP contribution in [0.1, 0.15) is 23.4 Å². The number of amides is 2. The number of carbonyl (C=O) groups excluding carboxylic acids is 2. The molecule has 0 saturated carbocycles. The maximum absolute atomic E-state index is 13.3. The SMILES string of the molecule is COc1ccc(CCNC(=O)C(=O)N[C@@H](C)[C@@H](c2cccs2)N2CCN(c3ccc(F)cc3)CC2)cc1. The van der Waals surface area contributed by atoms with E-state index in [1.54, 1.807) is 30.6 Å². The quantitative estimate of drug-likeness (QED) is 0.419. The molecule has 2 N–H and O–H groups in total. The fraction of sp³-hybridized carbons (Fsp3) is 0.357. The van der Waals surface area contributed by atoms with Crippen molar-refractivity contribution in [1.29, 1.82) is 0 Å². The van der Waals surface area contributed by atoms with Gasteiger partial charge in [0.2, 0.25) is 0 Å². The van der Waals surface area contributed by atoms with Crippen molar-refractivity contribution in [2.45, 2.75) is 25.4 Å². The van der Waals surface area contributed by atoms with Gasteiger partial charge in [-0.3, -0.25) is 14.5 Å². The Morgan fingerprint density at radius 2 is 1.70 bits per heavy atom. The van der Waals surface area contributed by atoms with Crippen LogP contribution in [-0.4, -0.2) is 62.6 Å². The number of hydrogen-bond donors (Lipinski definition) is 2. The summed E-state index contributed by atoms with van der Waals surface area (Å²) in [6, 6.07) is 17.9. The van der Waals surface area contributed by atoms with Gasteiger partial charge in [0.25, 0.3) is 0 Å². The third-order valence-electron chi connectivity index (χ3n) is 6.63. The van der Waals surface area contributed by atoms with E-state index in [9.17, 15) is 14.0 Å². The minimum atomic E-state index is -0.633. The highest BCUT2D eigenvalue weighted by molar-refractivity contribution is 7.10. The van der Waals surface area contributed by atoms with Crippen molar-refractivity contribution >= 4 is 28.8 Å². The summed E-state index contributed by atoms with van der Waals surface area (Å²) < 4.78 is 18.5. The maximum Gasteiger partial charge on any atom is 0.309 e. The van der Waals surface area contributed by atoms with Gasteiger partial charge < -0.3 is 20.3 Å². The Balaban J connectivity index is 1.31. The first-order valence-electron chi connectivity index (χ1n) is 12.4. The molecule has 2 aromatic carbocycles. The molecule has 2 atom stereocenters. The van der Waals surface area contributed by atoms with E-state index in [0.717, 1.165) is 48.1 Å². The molecule has 2 heterocycles. The first kappa shape index (κ1) is 26.6. The molecule has 1 fully saturated rings. The summed E-state index contributed by atoms with van der Waals surface area (Å²) >= 11 is 1.64. The van der Waals surface area contributed by atoms with Gasteiger partial charge in [-0.25, -0.2) is 4.39 Å². The number of hydrogen-bond acceptors (Lipinski definition) is 6. The predicted octanol–water partition coefficient (Wildman–Crippen LogP) is 3.62. The highest BCUT2D eigenvalue weighted by Gasteiger charge is 2.32. The number of methoxy groups -OCH3 is 1. The number of rotatable bonds is 9. The first-order valence-corrected chi connectivity index (χ1v) is 13.3. The zero-order valence-corrected chi connectivity index (χ0v) is 22.0. The molecule has 3 aromatic rings. The monoisotopic (exact) mass is 524 g/mol. The van der Waals surface area contributed by atoms with E-state index in [0.29, 0.717) is 13.0 Å². The molecule has 2 amide bonds. The van der Waals surface area contributed by atoms with Crippen LogP contribution < -0.4 is 20.3 Å².